The van der Waals surface area contributed by atoms with Crippen LogP contribution in [0.25, 0.3) is 0 Å². The van der Waals surface area contributed by atoms with Crippen molar-refractivity contribution in [1.82, 2.24) is 0 Å². The van der Waals surface area contributed by atoms with Crippen molar-refractivity contribution in [2.75, 3.05) is 11.9 Å². The summed E-state index contributed by atoms with van der Waals surface area (Å²) in [5.41, 5.74) is 0.686. The summed E-state index contributed by atoms with van der Waals surface area (Å²) in [4.78, 5) is 26.1. The molecule has 0 amide bonds. The monoisotopic (exact) mass is 659 g/mol. The van der Waals surface area contributed by atoms with Crippen molar-refractivity contribution in [2.45, 2.75) is 97.0 Å². The number of aliphatic hydroxyl groups is 2. The molecule has 9 heteroatoms. The second-order valence-corrected chi connectivity index (χ2v) is 15.2. The molecule has 0 aromatic heterocycles. The van der Waals surface area contributed by atoms with Gasteiger partial charge in [-0.05, 0) is 99.8 Å². The highest BCUT2D eigenvalue weighted by molar-refractivity contribution is 6.01. The molecule has 3 saturated carbocycles. The van der Waals surface area contributed by atoms with Crippen LogP contribution in [-0.4, -0.2) is 52.2 Å². The lowest BCUT2D eigenvalue weighted by Gasteiger charge is -2.59. The number of carbonyl (C=O) groups excluding carboxylic acids is 2. The summed E-state index contributed by atoms with van der Waals surface area (Å²) >= 11 is 0. The first-order chi connectivity index (χ1) is 22.8. The number of halogens is 1. The Labute approximate surface area is 281 Å². The Morgan fingerprint density at radius 1 is 1.21 bits per heavy atom. The first kappa shape index (κ1) is 33.1. The van der Waals surface area contributed by atoms with Gasteiger partial charge >= 0.3 is 0 Å². The second kappa shape index (κ2) is 11.9. The predicted octanol–water partition coefficient (Wildman–Crippen LogP) is 6.14. The zero-order valence-electron chi connectivity index (χ0n) is 28.3. The number of fused-ring (bicyclic) bond motifs is 7. The van der Waals surface area contributed by atoms with Crippen LogP contribution in [0.4, 0.5) is 10.1 Å². The highest BCUT2D eigenvalue weighted by atomic mass is 19.1. The van der Waals surface area contributed by atoms with Gasteiger partial charge in [-0.2, -0.15) is 0 Å². The van der Waals surface area contributed by atoms with Crippen molar-refractivity contribution in [3.63, 3.8) is 0 Å². The molecule has 1 heterocycles. The third-order valence-electron chi connectivity index (χ3n) is 12.2. The lowest BCUT2D eigenvalue weighted by molar-refractivity contribution is -0.201. The molecule has 5 aliphatic rings. The smallest absolute Gasteiger partial charge is 0.193 e. The number of nitrogens with one attached hydrogen (secondary N) is 1. The highest BCUT2D eigenvalue weighted by Gasteiger charge is 2.76. The molecule has 3 N–H and O–H groups in total. The molecule has 1 unspecified atom stereocenters. The molecule has 1 saturated heterocycles. The number of hydrogen-bond donors (Lipinski definition) is 3. The number of carbonyl (C=O) groups is 2. The van der Waals surface area contributed by atoms with Crippen molar-refractivity contribution < 1.29 is 38.4 Å². The SMILES string of the molecule is Cc1ccc(OCc2cccc(NC(C)C)c2)c(F)c1C1O[C@@H]2C[C@H]3[C@@H]4CCC5=CC(=O)C=C[C@]5(C)[C@H]4[C@@H](O)C[C@]3(C)[C@]2(C(=O)CO)O1. The molecule has 4 aliphatic carbocycles. The number of anilines is 1. The third kappa shape index (κ3) is 4.91. The Morgan fingerprint density at radius 2 is 2.00 bits per heavy atom. The van der Waals surface area contributed by atoms with E-state index in [-0.39, 0.29) is 53.9 Å². The van der Waals surface area contributed by atoms with Crippen molar-refractivity contribution in [1.29, 1.82) is 0 Å². The van der Waals surface area contributed by atoms with E-state index >= 15 is 4.39 Å². The molecule has 256 valence electrons. The number of hydrogen-bond acceptors (Lipinski definition) is 8. The van der Waals surface area contributed by atoms with Gasteiger partial charge in [-0.1, -0.05) is 43.7 Å². The Morgan fingerprint density at radius 3 is 2.75 bits per heavy atom. The average molecular weight is 660 g/mol. The van der Waals surface area contributed by atoms with Gasteiger partial charge in [-0.25, -0.2) is 4.39 Å². The zero-order chi connectivity index (χ0) is 34.2. The van der Waals surface area contributed by atoms with Crippen LogP contribution >= 0.6 is 0 Å². The molecule has 2 aromatic rings. The summed E-state index contributed by atoms with van der Waals surface area (Å²) in [5, 5.41) is 25.6. The van der Waals surface area contributed by atoms with Gasteiger partial charge in [-0.15, -0.1) is 0 Å². The lowest BCUT2D eigenvalue weighted by Crippen LogP contribution is -2.63. The molecule has 48 heavy (non-hydrogen) atoms. The summed E-state index contributed by atoms with van der Waals surface area (Å²) in [6, 6.07) is 11.4. The Hall–Kier alpha value is -3.37. The number of ketones is 2. The van der Waals surface area contributed by atoms with Gasteiger partial charge in [0.25, 0.3) is 0 Å². The van der Waals surface area contributed by atoms with E-state index in [0.29, 0.717) is 12.0 Å². The van der Waals surface area contributed by atoms with E-state index in [9.17, 15) is 19.8 Å². The van der Waals surface area contributed by atoms with Gasteiger partial charge in [0.1, 0.15) is 13.2 Å². The standard InChI is InChI=1S/C39H46FNO7/c1-21(2)41-25-8-6-7-23(15-25)20-46-30-12-9-22(3)33(35(30)40)36-47-32-17-28-27-11-10-24-16-26(43)13-14-37(24,4)34(27)29(44)18-38(28,5)39(32,48-36)31(45)19-42/h6-9,12-16,21,27-29,32,34,36,41-42,44H,10-11,17-20H2,1-5H3/t27-,28-,29-,32+,34+,36?,37-,38-,39+/m0/s1. The van der Waals surface area contributed by atoms with Crippen LogP contribution < -0.4 is 10.1 Å². The van der Waals surface area contributed by atoms with Crippen LogP contribution in [0.1, 0.15) is 76.4 Å². The number of ether oxygens (including phenoxy) is 3. The molecule has 9 atom stereocenters. The van der Waals surface area contributed by atoms with Crippen LogP contribution in [0.2, 0.25) is 0 Å². The van der Waals surface area contributed by atoms with Gasteiger partial charge in [0.2, 0.25) is 0 Å². The lowest BCUT2D eigenvalue weighted by atomic mass is 9.46. The number of benzene rings is 2. The average Bonchev–Trinajstić information content (AvgIpc) is 3.53. The minimum atomic E-state index is -1.57. The molecule has 2 aromatic carbocycles. The van der Waals surface area contributed by atoms with E-state index in [1.165, 1.54) is 0 Å². The maximum absolute atomic E-state index is 16.4. The minimum Gasteiger partial charge on any atom is -0.486 e. The number of aryl methyl sites for hydroxylation is 1. The second-order valence-electron chi connectivity index (χ2n) is 15.2. The van der Waals surface area contributed by atoms with Gasteiger partial charge in [0.05, 0.1) is 17.8 Å². The van der Waals surface area contributed by atoms with Crippen molar-refractivity contribution in [3.05, 3.63) is 82.7 Å². The third-order valence-corrected chi connectivity index (χ3v) is 12.2. The quantitative estimate of drug-likeness (QED) is 0.310. The topological polar surface area (TPSA) is 114 Å². The van der Waals surface area contributed by atoms with E-state index in [4.69, 9.17) is 14.2 Å². The molecule has 0 bridgehead atoms. The first-order valence-electron chi connectivity index (χ1n) is 17.2. The normalized spacial score (nSPS) is 36.6. The first-order valence-corrected chi connectivity index (χ1v) is 17.2. The maximum atomic E-state index is 16.4. The van der Waals surface area contributed by atoms with E-state index < -0.39 is 53.1 Å². The van der Waals surface area contributed by atoms with Gasteiger partial charge in [0, 0.05) is 28.5 Å². The zero-order valence-corrected chi connectivity index (χ0v) is 28.3. The summed E-state index contributed by atoms with van der Waals surface area (Å²) in [7, 11) is 0. The Bertz CT molecular complexity index is 1700. The molecule has 0 spiro atoms. The van der Waals surface area contributed by atoms with Gasteiger partial charge in [0.15, 0.2) is 35.0 Å². The van der Waals surface area contributed by atoms with Crippen LogP contribution in [-0.2, 0) is 25.7 Å². The summed E-state index contributed by atoms with van der Waals surface area (Å²) in [6.45, 7) is 9.33. The molecule has 8 nitrogen and oxygen atoms in total. The van der Waals surface area contributed by atoms with Crippen LogP contribution in [0.3, 0.4) is 0 Å². The van der Waals surface area contributed by atoms with E-state index in [1.54, 1.807) is 31.2 Å². The highest BCUT2D eigenvalue weighted by Crippen LogP contribution is 2.70. The fourth-order valence-electron chi connectivity index (χ4n) is 10.1. The Balaban J connectivity index is 1.18. The van der Waals surface area contributed by atoms with E-state index in [1.807, 2.05) is 37.3 Å². The maximum Gasteiger partial charge on any atom is 0.193 e. The van der Waals surface area contributed by atoms with Gasteiger partial charge < -0.3 is 29.7 Å². The van der Waals surface area contributed by atoms with Crippen molar-refractivity contribution in [3.8, 4) is 5.75 Å². The number of Topliss-reactive ketones (excluding diaryl/α,β-unsaturated/α-hetero) is 1. The van der Waals surface area contributed by atoms with Crippen molar-refractivity contribution >= 4 is 17.3 Å². The molecule has 4 fully saturated rings. The fourth-order valence-corrected chi connectivity index (χ4v) is 10.1. The largest absolute Gasteiger partial charge is 0.486 e. The molecular formula is C39H46FNO7. The van der Waals surface area contributed by atoms with Crippen LogP contribution in [0.5, 0.6) is 5.75 Å². The summed E-state index contributed by atoms with van der Waals surface area (Å²) in [6.07, 6.45) is 4.72. The van der Waals surface area contributed by atoms with E-state index in [0.717, 1.165) is 29.7 Å². The fraction of sp³-hybridized carbons (Fsp3) is 0.538. The van der Waals surface area contributed by atoms with Crippen molar-refractivity contribution in [2.24, 2.45) is 28.6 Å². The Kier molecular flexibility index (Phi) is 8.22. The van der Waals surface area contributed by atoms with Crippen LogP contribution in [0.15, 0.2) is 60.2 Å². The summed E-state index contributed by atoms with van der Waals surface area (Å²) < 4.78 is 35.5. The minimum absolute atomic E-state index is 0.0304. The number of rotatable bonds is 8. The van der Waals surface area contributed by atoms with Gasteiger partial charge in [-0.3, -0.25) is 9.59 Å². The van der Waals surface area contributed by atoms with E-state index in [2.05, 4.69) is 26.1 Å². The predicted molar refractivity (Wildman–Crippen MR) is 178 cm³/mol. The number of aliphatic hydroxyl groups excluding tert-OH is 2. The molecule has 7 rings (SSSR count). The molecular weight excluding hydrogens is 613 g/mol. The molecule has 0 radical (unpaired) electrons. The van der Waals surface area contributed by atoms with Crippen LogP contribution in [0, 0.1) is 41.3 Å². The summed E-state index contributed by atoms with van der Waals surface area (Å²) in [5.74, 6) is -1.30. The number of allylic oxidation sites excluding steroid dienone is 4. The molecule has 1 aliphatic heterocycles.